The molecule has 190 valence electrons. The van der Waals surface area contributed by atoms with Gasteiger partial charge >= 0.3 is 5.97 Å². The number of benzene rings is 1. The highest BCUT2D eigenvalue weighted by Crippen LogP contribution is 2.12. The fourth-order valence-corrected chi connectivity index (χ4v) is 3.42. The van der Waals surface area contributed by atoms with Gasteiger partial charge < -0.3 is 31.9 Å². The van der Waals surface area contributed by atoms with Crippen LogP contribution in [0.25, 0.3) is 0 Å². The summed E-state index contributed by atoms with van der Waals surface area (Å²) in [7, 11) is 0. The maximum atomic E-state index is 12.9. The van der Waals surface area contributed by atoms with Gasteiger partial charge in [-0.05, 0) is 36.0 Å². The summed E-state index contributed by atoms with van der Waals surface area (Å²) in [4.78, 5) is 49.7. The highest BCUT2D eigenvalue weighted by atomic mass is 32.1. The molecule has 0 bridgehead atoms. The third-order valence-corrected chi connectivity index (χ3v) is 5.93. The molecule has 1 aromatic carbocycles. The second kappa shape index (κ2) is 13.8. The first-order chi connectivity index (χ1) is 15.9. The van der Waals surface area contributed by atoms with Crippen LogP contribution in [0.5, 0.6) is 5.75 Å². The van der Waals surface area contributed by atoms with Crippen LogP contribution >= 0.6 is 12.6 Å². The first-order valence-electron chi connectivity index (χ1n) is 11.2. The molecule has 0 aromatic heterocycles. The molecule has 0 heterocycles. The number of hydrogen-bond donors (Lipinski definition) is 7. The summed E-state index contributed by atoms with van der Waals surface area (Å²) in [5, 5.41) is 26.4. The standard InChI is InChI=1S/C23H36N4O6S/c1-5-13(4)19(22(31)26-18(12(2)3)23(32)33)27-21(30)17(11-34)25-20(29)16(24)10-14-6-8-15(28)9-7-14/h6-9,12-13,16-19,28,34H,5,10-11,24H2,1-4H3,(H,25,29)(H,26,31)(H,27,30)(H,32,33). The number of nitrogens with one attached hydrogen (secondary N) is 3. The van der Waals surface area contributed by atoms with Gasteiger partial charge in [0.25, 0.3) is 0 Å². The molecule has 11 heteroatoms. The monoisotopic (exact) mass is 496 g/mol. The second-order valence-electron chi connectivity index (χ2n) is 8.66. The van der Waals surface area contributed by atoms with E-state index in [0.717, 1.165) is 5.56 Å². The molecular weight excluding hydrogens is 460 g/mol. The van der Waals surface area contributed by atoms with Crippen molar-refractivity contribution in [1.82, 2.24) is 16.0 Å². The number of carboxylic acid groups (broad SMARTS) is 1. The summed E-state index contributed by atoms with van der Waals surface area (Å²) in [6.45, 7) is 6.94. The first-order valence-corrected chi connectivity index (χ1v) is 11.8. The summed E-state index contributed by atoms with van der Waals surface area (Å²) in [6, 6.07) is 2.15. The molecule has 0 radical (unpaired) electrons. The quantitative estimate of drug-likeness (QED) is 0.194. The maximum Gasteiger partial charge on any atom is 0.326 e. The molecule has 0 saturated carbocycles. The van der Waals surface area contributed by atoms with Crippen molar-refractivity contribution in [1.29, 1.82) is 0 Å². The van der Waals surface area contributed by atoms with Gasteiger partial charge in [0.2, 0.25) is 17.7 Å². The van der Waals surface area contributed by atoms with Gasteiger partial charge in [0.1, 0.15) is 23.9 Å². The molecule has 0 saturated heterocycles. The van der Waals surface area contributed by atoms with Crippen molar-refractivity contribution in [3.8, 4) is 5.75 Å². The number of rotatable bonds is 13. The minimum atomic E-state index is -1.17. The number of phenols is 1. The summed E-state index contributed by atoms with van der Waals surface area (Å²) < 4.78 is 0. The van der Waals surface area contributed by atoms with E-state index in [1.165, 1.54) is 12.1 Å². The molecule has 0 spiro atoms. The summed E-state index contributed by atoms with van der Waals surface area (Å²) in [6.07, 6.45) is 0.740. The van der Waals surface area contributed by atoms with Crippen molar-refractivity contribution in [2.24, 2.45) is 17.6 Å². The minimum absolute atomic E-state index is 0.0396. The lowest BCUT2D eigenvalue weighted by Crippen LogP contribution is -2.59. The SMILES string of the molecule is CCC(C)C(NC(=O)C(CS)NC(=O)C(N)Cc1ccc(O)cc1)C(=O)NC(C(=O)O)C(C)C. The number of hydrogen-bond acceptors (Lipinski definition) is 7. The Kier molecular flexibility index (Phi) is 11.9. The van der Waals surface area contributed by atoms with Crippen molar-refractivity contribution in [2.45, 2.75) is 64.7 Å². The number of carbonyl (C=O) groups excluding carboxylic acids is 3. The zero-order valence-electron chi connectivity index (χ0n) is 19.9. The van der Waals surface area contributed by atoms with Crippen LogP contribution in [0.1, 0.15) is 39.7 Å². The van der Waals surface area contributed by atoms with E-state index in [0.29, 0.717) is 6.42 Å². The van der Waals surface area contributed by atoms with Crippen LogP contribution in [0, 0.1) is 11.8 Å². The Morgan fingerprint density at radius 1 is 0.941 bits per heavy atom. The highest BCUT2D eigenvalue weighted by Gasteiger charge is 2.33. The van der Waals surface area contributed by atoms with Gasteiger partial charge in [-0.1, -0.05) is 46.2 Å². The van der Waals surface area contributed by atoms with E-state index < -0.39 is 47.9 Å². The van der Waals surface area contributed by atoms with Crippen molar-refractivity contribution in [3.63, 3.8) is 0 Å². The Morgan fingerprint density at radius 2 is 1.50 bits per heavy atom. The van der Waals surface area contributed by atoms with Crippen LogP contribution in [0.3, 0.4) is 0 Å². The Morgan fingerprint density at radius 3 is 1.97 bits per heavy atom. The first kappa shape index (κ1) is 29.2. The lowest BCUT2D eigenvalue weighted by Gasteiger charge is -2.28. The molecule has 10 nitrogen and oxygen atoms in total. The van der Waals surface area contributed by atoms with Crippen LogP contribution in [0.2, 0.25) is 0 Å². The largest absolute Gasteiger partial charge is 0.508 e. The third kappa shape index (κ3) is 8.86. The highest BCUT2D eigenvalue weighted by molar-refractivity contribution is 7.80. The summed E-state index contributed by atoms with van der Waals surface area (Å²) >= 11 is 4.14. The average Bonchev–Trinajstić information content (AvgIpc) is 2.79. The molecule has 1 aromatic rings. The Balaban J connectivity index is 2.86. The molecule has 34 heavy (non-hydrogen) atoms. The Labute approximate surface area is 205 Å². The van der Waals surface area contributed by atoms with E-state index in [1.807, 2.05) is 6.92 Å². The van der Waals surface area contributed by atoms with E-state index in [9.17, 15) is 29.4 Å². The van der Waals surface area contributed by atoms with Crippen LogP contribution in [0.15, 0.2) is 24.3 Å². The van der Waals surface area contributed by atoms with Gasteiger partial charge in [-0.25, -0.2) is 4.79 Å². The Bertz CT molecular complexity index is 848. The number of amides is 3. The molecule has 5 atom stereocenters. The van der Waals surface area contributed by atoms with Crippen LogP contribution < -0.4 is 21.7 Å². The summed E-state index contributed by atoms with van der Waals surface area (Å²) in [5.74, 6) is -3.57. The lowest BCUT2D eigenvalue weighted by molar-refractivity contribution is -0.144. The van der Waals surface area contributed by atoms with E-state index in [-0.39, 0.29) is 29.8 Å². The van der Waals surface area contributed by atoms with Gasteiger partial charge in [-0.2, -0.15) is 12.6 Å². The molecule has 1 rings (SSSR count). The van der Waals surface area contributed by atoms with Crippen molar-refractivity contribution >= 4 is 36.3 Å². The van der Waals surface area contributed by atoms with Gasteiger partial charge in [0.05, 0.1) is 6.04 Å². The fourth-order valence-electron chi connectivity index (χ4n) is 3.16. The summed E-state index contributed by atoms with van der Waals surface area (Å²) in [5.41, 5.74) is 6.71. The van der Waals surface area contributed by atoms with Crippen molar-refractivity contribution < 1.29 is 29.4 Å². The van der Waals surface area contributed by atoms with Gasteiger partial charge in [0, 0.05) is 5.75 Å². The third-order valence-electron chi connectivity index (χ3n) is 5.57. The fraction of sp³-hybridized carbons (Fsp3) is 0.565. The normalized spacial score (nSPS) is 15.5. The number of carboxylic acids is 1. The van der Waals surface area contributed by atoms with E-state index in [4.69, 9.17) is 5.73 Å². The molecule has 3 amide bonds. The predicted octanol–water partition coefficient (Wildman–Crippen LogP) is 0.433. The number of carbonyl (C=O) groups is 4. The molecule has 7 N–H and O–H groups in total. The molecule has 5 unspecified atom stereocenters. The maximum absolute atomic E-state index is 12.9. The van der Waals surface area contributed by atoms with Gasteiger partial charge in [0.15, 0.2) is 0 Å². The average molecular weight is 497 g/mol. The number of thiol groups is 1. The number of phenolic OH excluding ortho intramolecular Hbond substituents is 1. The molecule has 0 aliphatic carbocycles. The van der Waals surface area contributed by atoms with E-state index >= 15 is 0 Å². The van der Waals surface area contributed by atoms with E-state index in [2.05, 4.69) is 28.6 Å². The van der Waals surface area contributed by atoms with Crippen LogP contribution in [-0.2, 0) is 25.6 Å². The van der Waals surface area contributed by atoms with Gasteiger partial charge in [-0.15, -0.1) is 0 Å². The molecule has 0 aliphatic rings. The van der Waals surface area contributed by atoms with E-state index in [1.54, 1.807) is 32.9 Å². The van der Waals surface area contributed by atoms with Crippen LogP contribution in [0.4, 0.5) is 0 Å². The number of nitrogens with two attached hydrogens (primary N) is 1. The zero-order valence-corrected chi connectivity index (χ0v) is 20.8. The minimum Gasteiger partial charge on any atom is -0.508 e. The number of aromatic hydroxyl groups is 1. The zero-order chi connectivity index (χ0) is 26.0. The van der Waals surface area contributed by atoms with Gasteiger partial charge in [-0.3, -0.25) is 14.4 Å². The predicted molar refractivity (Wildman–Crippen MR) is 131 cm³/mol. The molecule has 0 fully saturated rings. The lowest BCUT2D eigenvalue weighted by atomic mass is 9.96. The smallest absolute Gasteiger partial charge is 0.326 e. The van der Waals surface area contributed by atoms with Crippen molar-refractivity contribution in [2.75, 3.05) is 5.75 Å². The molecule has 0 aliphatic heterocycles. The number of aliphatic carboxylic acids is 1. The Hall–Kier alpha value is -2.79. The topological polar surface area (TPSA) is 171 Å². The molecular formula is C23H36N4O6S. The van der Waals surface area contributed by atoms with Crippen molar-refractivity contribution in [3.05, 3.63) is 29.8 Å². The second-order valence-corrected chi connectivity index (χ2v) is 9.03. The van der Waals surface area contributed by atoms with Crippen LogP contribution in [-0.4, -0.2) is 63.8 Å².